The number of amides is 1. The van der Waals surface area contributed by atoms with E-state index in [0.29, 0.717) is 16.0 Å². The SMILES string of the molecule is O=C(O)NC1CCCN2c3cc(Br)c(F)cc3Oc3ccccc3C12. The first-order valence-corrected chi connectivity index (χ1v) is 8.86. The van der Waals surface area contributed by atoms with E-state index in [1.807, 2.05) is 24.3 Å². The first-order chi connectivity index (χ1) is 12.0. The van der Waals surface area contributed by atoms with Crippen molar-refractivity contribution in [3.05, 3.63) is 52.3 Å². The summed E-state index contributed by atoms with van der Waals surface area (Å²) in [5, 5.41) is 11.9. The van der Waals surface area contributed by atoms with E-state index in [1.165, 1.54) is 6.07 Å². The predicted octanol–water partition coefficient (Wildman–Crippen LogP) is 4.67. The van der Waals surface area contributed by atoms with Crippen LogP contribution in [0.3, 0.4) is 0 Å². The second-order valence-electron chi connectivity index (χ2n) is 6.21. The lowest BCUT2D eigenvalue weighted by atomic mass is 9.89. The number of carbonyl (C=O) groups is 1. The van der Waals surface area contributed by atoms with Crippen LogP contribution in [0, 0.1) is 5.82 Å². The molecule has 2 aliphatic rings. The summed E-state index contributed by atoms with van der Waals surface area (Å²) in [5.74, 6) is 0.663. The summed E-state index contributed by atoms with van der Waals surface area (Å²) in [7, 11) is 0. The van der Waals surface area contributed by atoms with Crippen LogP contribution >= 0.6 is 15.9 Å². The zero-order valence-corrected chi connectivity index (χ0v) is 14.8. The number of nitrogens with zero attached hydrogens (tertiary/aromatic N) is 1. The number of halogens is 2. The number of ether oxygens (including phenoxy) is 1. The fraction of sp³-hybridized carbons (Fsp3) is 0.278. The minimum atomic E-state index is -1.05. The van der Waals surface area contributed by atoms with Crippen molar-refractivity contribution >= 4 is 27.7 Å². The highest BCUT2D eigenvalue weighted by Gasteiger charge is 2.39. The third-order valence-electron chi connectivity index (χ3n) is 4.71. The van der Waals surface area contributed by atoms with Gasteiger partial charge >= 0.3 is 6.09 Å². The standard InChI is InChI=1S/C18H16BrFN2O3/c19-11-8-14-16(9-12(11)20)25-15-6-2-1-4-10(15)17-13(21-18(23)24)5-3-7-22(14)17/h1-2,4,6,8-9,13,17,21H,3,5,7H2,(H,23,24). The Hall–Kier alpha value is -2.28. The molecule has 4 rings (SSSR count). The Morgan fingerprint density at radius 3 is 2.92 bits per heavy atom. The molecule has 2 aromatic carbocycles. The lowest BCUT2D eigenvalue weighted by Crippen LogP contribution is -2.49. The number of piperidine rings is 1. The van der Waals surface area contributed by atoms with E-state index in [0.717, 1.165) is 30.6 Å². The van der Waals surface area contributed by atoms with Crippen LogP contribution in [0.15, 0.2) is 40.9 Å². The monoisotopic (exact) mass is 406 g/mol. The molecule has 1 saturated heterocycles. The van der Waals surface area contributed by atoms with Gasteiger partial charge in [0.25, 0.3) is 0 Å². The van der Waals surface area contributed by atoms with Crippen LogP contribution in [0.2, 0.25) is 0 Å². The fourth-order valence-electron chi connectivity index (χ4n) is 3.72. The number of benzene rings is 2. The van der Waals surface area contributed by atoms with E-state index in [2.05, 4.69) is 26.1 Å². The van der Waals surface area contributed by atoms with Crippen molar-refractivity contribution in [3.8, 4) is 11.5 Å². The third-order valence-corrected chi connectivity index (χ3v) is 5.32. The maximum Gasteiger partial charge on any atom is 0.404 e. The van der Waals surface area contributed by atoms with Gasteiger partial charge in [0.2, 0.25) is 0 Å². The quantitative estimate of drug-likeness (QED) is 0.721. The van der Waals surface area contributed by atoms with Gasteiger partial charge in [-0.3, -0.25) is 0 Å². The molecule has 5 nitrogen and oxygen atoms in total. The Balaban J connectivity index is 1.90. The van der Waals surface area contributed by atoms with Gasteiger partial charge in [0.05, 0.1) is 22.2 Å². The lowest BCUT2D eigenvalue weighted by Gasteiger charge is -2.42. The number of rotatable bonds is 1. The molecule has 2 aromatic rings. The summed E-state index contributed by atoms with van der Waals surface area (Å²) < 4.78 is 20.4. The third kappa shape index (κ3) is 2.82. The molecule has 1 amide bonds. The summed E-state index contributed by atoms with van der Waals surface area (Å²) in [4.78, 5) is 13.4. The van der Waals surface area contributed by atoms with Gasteiger partial charge in [0, 0.05) is 18.2 Å². The molecule has 0 spiro atoms. The Kier molecular flexibility index (Phi) is 4.03. The molecule has 0 bridgehead atoms. The topological polar surface area (TPSA) is 61.8 Å². The van der Waals surface area contributed by atoms with Crippen molar-refractivity contribution in [3.63, 3.8) is 0 Å². The highest BCUT2D eigenvalue weighted by molar-refractivity contribution is 9.10. The number of fused-ring (bicyclic) bond motifs is 5. The summed E-state index contributed by atoms with van der Waals surface area (Å²) in [6.07, 6.45) is 0.521. The van der Waals surface area contributed by atoms with Crippen LogP contribution in [0.1, 0.15) is 24.4 Å². The number of hydrogen-bond acceptors (Lipinski definition) is 3. The van der Waals surface area contributed by atoms with Gasteiger partial charge in [-0.15, -0.1) is 0 Å². The minimum absolute atomic E-state index is 0.209. The molecular weight excluding hydrogens is 391 g/mol. The summed E-state index contributed by atoms with van der Waals surface area (Å²) in [6.45, 7) is 0.741. The van der Waals surface area contributed by atoms with Gasteiger partial charge in [0.15, 0.2) is 5.75 Å². The number of nitrogens with one attached hydrogen (secondary N) is 1. The van der Waals surface area contributed by atoms with Crippen molar-refractivity contribution < 1.29 is 19.0 Å². The van der Waals surface area contributed by atoms with Crippen molar-refractivity contribution in [1.29, 1.82) is 0 Å². The number of anilines is 1. The average molecular weight is 407 g/mol. The second-order valence-corrected chi connectivity index (χ2v) is 7.06. The molecule has 2 aliphatic heterocycles. The van der Waals surface area contributed by atoms with Crippen LogP contribution in [-0.4, -0.2) is 23.8 Å². The Labute approximate surface area is 152 Å². The first kappa shape index (κ1) is 16.2. The van der Waals surface area contributed by atoms with Gasteiger partial charge in [0.1, 0.15) is 11.6 Å². The molecule has 0 aromatic heterocycles. The largest absolute Gasteiger partial charge is 0.465 e. The van der Waals surface area contributed by atoms with E-state index in [1.54, 1.807) is 6.07 Å². The maximum atomic E-state index is 14.1. The molecule has 25 heavy (non-hydrogen) atoms. The Bertz CT molecular complexity index is 845. The molecule has 0 aliphatic carbocycles. The molecule has 1 fully saturated rings. The Morgan fingerprint density at radius 2 is 2.12 bits per heavy atom. The van der Waals surface area contributed by atoms with Gasteiger partial charge in [-0.25, -0.2) is 9.18 Å². The van der Waals surface area contributed by atoms with Crippen LogP contribution in [0.4, 0.5) is 14.9 Å². The highest BCUT2D eigenvalue weighted by atomic mass is 79.9. The second kappa shape index (κ2) is 6.22. The van der Waals surface area contributed by atoms with Crippen molar-refractivity contribution in [1.82, 2.24) is 5.32 Å². The molecule has 2 heterocycles. The average Bonchev–Trinajstić information content (AvgIpc) is 2.70. The maximum absolute atomic E-state index is 14.1. The van der Waals surface area contributed by atoms with Crippen molar-refractivity contribution in [2.24, 2.45) is 0 Å². The fourth-order valence-corrected chi connectivity index (χ4v) is 4.05. The van der Waals surface area contributed by atoms with Gasteiger partial charge in [-0.1, -0.05) is 18.2 Å². The number of hydrogen-bond donors (Lipinski definition) is 2. The van der Waals surface area contributed by atoms with Gasteiger partial charge in [-0.2, -0.15) is 0 Å². The summed E-state index contributed by atoms with van der Waals surface area (Å²) >= 11 is 3.24. The molecule has 7 heteroatoms. The van der Waals surface area contributed by atoms with E-state index >= 15 is 0 Å². The van der Waals surface area contributed by atoms with E-state index in [4.69, 9.17) is 4.74 Å². The Morgan fingerprint density at radius 1 is 1.32 bits per heavy atom. The van der Waals surface area contributed by atoms with Crippen molar-refractivity contribution in [2.45, 2.75) is 24.9 Å². The first-order valence-electron chi connectivity index (χ1n) is 8.06. The van der Waals surface area contributed by atoms with E-state index in [-0.39, 0.29) is 12.1 Å². The number of carboxylic acid groups (broad SMARTS) is 1. The molecule has 2 atom stereocenters. The summed E-state index contributed by atoms with van der Waals surface area (Å²) in [5.41, 5.74) is 1.65. The molecule has 2 unspecified atom stereocenters. The molecule has 2 N–H and O–H groups in total. The predicted molar refractivity (Wildman–Crippen MR) is 94.9 cm³/mol. The summed E-state index contributed by atoms with van der Waals surface area (Å²) in [6, 6.07) is 10.1. The lowest BCUT2D eigenvalue weighted by molar-refractivity contribution is 0.184. The zero-order chi connectivity index (χ0) is 17.6. The minimum Gasteiger partial charge on any atom is -0.465 e. The van der Waals surface area contributed by atoms with Gasteiger partial charge < -0.3 is 20.1 Å². The van der Waals surface area contributed by atoms with E-state index < -0.39 is 11.9 Å². The smallest absolute Gasteiger partial charge is 0.404 e. The number of para-hydroxylation sites is 1. The van der Waals surface area contributed by atoms with Crippen LogP contribution in [-0.2, 0) is 0 Å². The molecule has 130 valence electrons. The van der Waals surface area contributed by atoms with Crippen molar-refractivity contribution in [2.75, 3.05) is 11.4 Å². The molecule has 0 saturated carbocycles. The van der Waals surface area contributed by atoms with Crippen LogP contribution < -0.4 is 15.0 Å². The zero-order valence-electron chi connectivity index (χ0n) is 13.2. The molecule has 0 radical (unpaired) electrons. The van der Waals surface area contributed by atoms with E-state index in [9.17, 15) is 14.3 Å². The highest BCUT2D eigenvalue weighted by Crippen LogP contribution is 2.48. The van der Waals surface area contributed by atoms with Gasteiger partial charge in [-0.05, 0) is 40.9 Å². The molecular formula is C18H16BrFN2O3. The van der Waals surface area contributed by atoms with Crippen LogP contribution in [0.25, 0.3) is 0 Å². The van der Waals surface area contributed by atoms with Crippen LogP contribution in [0.5, 0.6) is 11.5 Å². The normalized spacial score (nSPS) is 21.3.